The summed E-state index contributed by atoms with van der Waals surface area (Å²) in [7, 11) is -3.60. The number of hydrogen-bond donors (Lipinski definition) is 2. The lowest BCUT2D eigenvalue weighted by Gasteiger charge is -2.25. The predicted molar refractivity (Wildman–Crippen MR) is 80.2 cm³/mol. The van der Waals surface area contributed by atoms with Gasteiger partial charge in [-0.1, -0.05) is 0 Å². The fourth-order valence-electron chi connectivity index (χ4n) is 1.81. The minimum atomic E-state index is -3.60. The Hall–Kier alpha value is -0.610. The largest absolute Gasteiger partial charge is 0.477 e. The van der Waals surface area contributed by atoms with Crippen molar-refractivity contribution in [3.05, 3.63) is 17.0 Å². The maximum absolute atomic E-state index is 12.0. The topological polar surface area (TPSA) is 86.7 Å². The second kappa shape index (κ2) is 6.90. The van der Waals surface area contributed by atoms with Crippen molar-refractivity contribution < 1.29 is 18.3 Å². The monoisotopic (exact) mass is 336 g/mol. The van der Waals surface area contributed by atoms with Crippen LogP contribution in [0, 0.1) is 0 Å². The summed E-state index contributed by atoms with van der Waals surface area (Å²) >= 11 is 2.67. The van der Waals surface area contributed by atoms with Crippen LogP contribution in [-0.2, 0) is 10.0 Å². The molecule has 2 heterocycles. The first kappa shape index (κ1) is 15.8. The number of rotatable bonds is 6. The Bertz CT molecular complexity index is 564. The van der Waals surface area contributed by atoms with Gasteiger partial charge in [0.15, 0.2) is 0 Å². The predicted octanol–water partition coefficient (Wildman–Crippen LogP) is 0.773. The molecule has 0 saturated carbocycles. The highest BCUT2D eigenvalue weighted by Crippen LogP contribution is 2.21. The number of hydrogen-bond acceptors (Lipinski definition) is 6. The maximum atomic E-state index is 12.0. The summed E-state index contributed by atoms with van der Waals surface area (Å²) in [5.41, 5.74) is 0. The third-order valence-corrected chi connectivity index (χ3v) is 6.85. The summed E-state index contributed by atoms with van der Waals surface area (Å²) in [6, 6.07) is 2.64. The summed E-state index contributed by atoms with van der Waals surface area (Å²) in [6.07, 6.45) is 0. The first-order valence-corrected chi connectivity index (χ1v) is 9.57. The Morgan fingerprint density at radius 2 is 2.05 bits per heavy atom. The lowest BCUT2D eigenvalue weighted by molar-refractivity contribution is 0.0702. The van der Waals surface area contributed by atoms with Crippen LogP contribution in [-0.4, -0.2) is 62.1 Å². The van der Waals surface area contributed by atoms with Gasteiger partial charge < -0.3 is 10.0 Å². The molecule has 1 aromatic rings. The number of thiophene rings is 1. The number of nitrogens with one attached hydrogen (secondary N) is 1. The molecule has 20 heavy (non-hydrogen) atoms. The normalized spacial score (nSPS) is 17.2. The Balaban J connectivity index is 1.88. The third kappa shape index (κ3) is 4.19. The standard InChI is InChI=1S/C11H16N2O4S3/c14-11(15)9-1-2-10(19-9)20(16,17)12-3-4-13-5-7-18-8-6-13/h1-2,12H,3-8H2,(H,14,15). The van der Waals surface area contributed by atoms with Crippen molar-refractivity contribution in [1.29, 1.82) is 0 Å². The second-order valence-electron chi connectivity index (χ2n) is 4.28. The van der Waals surface area contributed by atoms with Crippen molar-refractivity contribution >= 4 is 39.1 Å². The molecule has 0 spiro atoms. The van der Waals surface area contributed by atoms with Crippen LogP contribution in [0.1, 0.15) is 9.67 Å². The van der Waals surface area contributed by atoms with Crippen molar-refractivity contribution in [1.82, 2.24) is 9.62 Å². The summed E-state index contributed by atoms with van der Waals surface area (Å²) in [5, 5.41) is 8.80. The van der Waals surface area contributed by atoms with Gasteiger partial charge in [0, 0.05) is 37.7 Å². The smallest absolute Gasteiger partial charge is 0.345 e. The third-order valence-electron chi connectivity index (χ3n) is 2.88. The van der Waals surface area contributed by atoms with Gasteiger partial charge in [-0.2, -0.15) is 11.8 Å². The first-order valence-electron chi connectivity index (χ1n) is 6.12. The molecule has 1 fully saturated rings. The zero-order valence-corrected chi connectivity index (χ0v) is 13.2. The van der Waals surface area contributed by atoms with Crippen LogP contribution >= 0.6 is 23.1 Å². The van der Waals surface area contributed by atoms with E-state index in [1.807, 2.05) is 11.8 Å². The molecular weight excluding hydrogens is 320 g/mol. The Labute approximate surface area is 126 Å². The highest BCUT2D eigenvalue weighted by molar-refractivity contribution is 7.99. The molecule has 112 valence electrons. The van der Waals surface area contributed by atoms with Crippen LogP contribution in [0.15, 0.2) is 16.3 Å². The van der Waals surface area contributed by atoms with E-state index in [1.165, 1.54) is 12.1 Å². The number of thioether (sulfide) groups is 1. The molecule has 0 atom stereocenters. The average Bonchev–Trinajstić information content (AvgIpc) is 2.90. The zero-order valence-electron chi connectivity index (χ0n) is 10.7. The molecule has 2 rings (SSSR count). The fourth-order valence-corrected chi connectivity index (χ4v) is 5.00. The van der Waals surface area contributed by atoms with E-state index in [0.717, 1.165) is 35.9 Å². The van der Waals surface area contributed by atoms with Crippen LogP contribution in [0.25, 0.3) is 0 Å². The molecule has 1 aromatic heterocycles. The highest BCUT2D eigenvalue weighted by atomic mass is 32.2. The molecule has 1 aliphatic rings. The fraction of sp³-hybridized carbons (Fsp3) is 0.545. The van der Waals surface area contributed by atoms with Crippen molar-refractivity contribution in [2.24, 2.45) is 0 Å². The first-order chi connectivity index (χ1) is 9.49. The number of carbonyl (C=O) groups is 1. The molecule has 1 saturated heterocycles. The maximum Gasteiger partial charge on any atom is 0.345 e. The minimum absolute atomic E-state index is 0.0263. The number of carboxylic acids is 1. The number of sulfonamides is 1. The van der Waals surface area contributed by atoms with Gasteiger partial charge in [-0.05, 0) is 12.1 Å². The molecule has 2 N–H and O–H groups in total. The SMILES string of the molecule is O=C(O)c1ccc(S(=O)(=O)NCCN2CCSCC2)s1. The van der Waals surface area contributed by atoms with E-state index in [0.29, 0.717) is 13.1 Å². The van der Waals surface area contributed by atoms with Crippen molar-refractivity contribution in [2.45, 2.75) is 4.21 Å². The lowest BCUT2D eigenvalue weighted by Crippen LogP contribution is -2.39. The minimum Gasteiger partial charge on any atom is -0.477 e. The Morgan fingerprint density at radius 3 is 2.65 bits per heavy atom. The van der Waals surface area contributed by atoms with E-state index in [-0.39, 0.29) is 9.09 Å². The zero-order chi connectivity index (χ0) is 14.6. The van der Waals surface area contributed by atoms with Crippen LogP contribution in [0.5, 0.6) is 0 Å². The summed E-state index contributed by atoms with van der Waals surface area (Å²) in [5.74, 6) is 1.06. The van der Waals surface area contributed by atoms with E-state index >= 15 is 0 Å². The molecule has 0 radical (unpaired) electrons. The molecule has 9 heteroatoms. The van der Waals surface area contributed by atoms with Crippen LogP contribution in [0.2, 0.25) is 0 Å². The van der Waals surface area contributed by atoms with E-state index in [4.69, 9.17) is 5.11 Å². The van der Waals surface area contributed by atoms with E-state index in [9.17, 15) is 13.2 Å². The molecule has 0 aliphatic carbocycles. The van der Waals surface area contributed by atoms with Gasteiger partial charge in [0.2, 0.25) is 10.0 Å². The Morgan fingerprint density at radius 1 is 1.35 bits per heavy atom. The number of carboxylic acid groups (broad SMARTS) is 1. The molecule has 0 bridgehead atoms. The molecule has 0 amide bonds. The molecular formula is C11H16N2O4S3. The lowest BCUT2D eigenvalue weighted by atomic mass is 10.5. The van der Waals surface area contributed by atoms with Gasteiger partial charge >= 0.3 is 5.97 Å². The summed E-state index contributed by atoms with van der Waals surface area (Å²) in [4.78, 5) is 13.0. The van der Waals surface area contributed by atoms with Crippen molar-refractivity contribution in [2.75, 3.05) is 37.7 Å². The van der Waals surface area contributed by atoms with Gasteiger partial charge in [-0.15, -0.1) is 11.3 Å². The number of nitrogens with zero attached hydrogens (tertiary/aromatic N) is 1. The average molecular weight is 336 g/mol. The molecule has 1 aliphatic heterocycles. The quantitative estimate of drug-likeness (QED) is 0.798. The van der Waals surface area contributed by atoms with E-state index in [2.05, 4.69) is 9.62 Å². The van der Waals surface area contributed by atoms with Gasteiger partial charge in [0.05, 0.1) is 0 Å². The highest BCUT2D eigenvalue weighted by Gasteiger charge is 2.19. The van der Waals surface area contributed by atoms with Crippen molar-refractivity contribution in [3.8, 4) is 0 Å². The van der Waals surface area contributed by atoms with Gasteiger partial charge in [-0.25, -0.2) is 17.9 Å². The van der Waals surface area contributed by atoms with Crippen LogP contribution in [0.4, 0.5) is 0 Å². The summed E-state index contributed by atoms with van der Waals surface area (Å²) < 4.78 is 26.5. The second-order valence-corrected chi connectivity index (χ2v) is 8.58. The van der Waals surface area contributed by atoms with E-state index < -0.39 is 16.0 Å². The van der Waals surface area contributed by atoms with Gasteiger partial charge in [0.1, 0.15) is 9.09 Å². The summed E-state index contributed by atoms with van der Waals surface area (Å²) in [6.45, 7) is 2.98. The van der Waals surface area contributed by atoms with Crippen LogP contribution in [0.3, 0.4) is 0 Å². The van der Waals surface area contributed by atoms with Crippen LogP contribution < -0.4 is 4.72 Å². The Kier molecular flexibility index (Phi) is 5.44. The molecule has 6 nitrogen and oxygen atoms in total. The molecule has 0 aromatic carbocycles. The number of aromatic carboxylic acids is 1. The molecule has 0 unspecified atom stereocenters. The van der Waals surface area contributed by atoms with Crippen molar-refractivity contribution in [3.63, 3.8) is 0 Å². The van der Waals surface area contributed by atoms with Gasteiger partial charge in [-0.3, -0.25) is 0 Å². The van der Waals surface area contributed by atoms with E-state index in [1.54, 1.807) is 0 Å². The van der Waals surface area contributed by atoms with Gasteiger partial charge in [0.25, 0.3) is 0 Å².